The average molecular weight is 267 g/mol. The Kier molecular flexibility index (Phi) is 4.16. The summed E-state index contributed by atoms with van der Waals surface area (Å²) < 4.78 is 0. The smallest absolute Gasteiger partial charge is 0.309 e. The molecule has 1 saturated carbocycles. The van der Waals surface area contributed by atoms with Crippen molar-refractivity contribution in [1.29, 1.82) is 0 Å². The fourth-order valence-corrected chi connectivity index (χ4v) is 3.49. The second-order valence-corrected chi connectivity index (χ2v) is 6.71. The van der Waals surface area contributed by atoms with Gasteiger partial charge >= 0.3 is 5.97 Å². The summed E-state index contributed by atoms with van der Waals surface area (Å²) in [6.07, 6.45) is 7.32. The zero-order valence-corrected chi connectivity index (χ0v) is 12.0. The van der Waals surface area contributed by atoms with Crippen molar-refractivity contribution >= 4 is 11.9 Å². The zero-order valence-electron chi connectivity index (χ0n) is 12.0. The number of carboxylic acids is 1. The standard InChI is InChI=1S/C15H25NO3/c1-15(2,14(18)19)10-13(17)16-9-5-8-12(16)11-6-3-4-7-11/h11-12H,3-10H2,1-2H3,(H,18,19). The average Bonchev–Trinajstić information content (AvgIpc) is 2.99. The number of likely N-dealkylation sites (tertiary alicyclic amines) is 1. The Bertz CT molecular complexity index is 358. The molecule has 1 N–H and O–H groups in total. The highest BCUT2D eigenvalue weighted by atomic mass is 16.4. The van der Waals surface area contributed by atoms with Gasteiger partial charge in [-0.1, -0.05) is 12.8 Å². The molecular weight excluding hydrogens is 242 g/mol. The molecule has 1 aliphatic carbocycles. The largest absolute Gasteiger partial charge is 0.481 e. The van der Waals surface area contributed by atoms with Crippen LogP contribution in [0.5, 0.6) is 0 Å². The molecule has 1 unspecified atom stereocenters. The highest BCUT2D eigenvalue weighted by molar-refractivity contribution is 5.84. The van der Waals surface area contributed by atoms with Crippen LogP contribution < -0.4 is 0 Å². The SMILES string of the molecule is CC(C)(CC(=O)N1CCCC1C1CCCC1)C(=O)O. The number of carboxylic acid groups (broad SMARTS) is 1. The third kappa shape index (κ3) is 3.10. The van der Waals surface area contributed by atoms with Crippen LogP contribution in [-0.2, 0) is 9.59 Å². The molecule has 19 heavy (non-hydrogen) atoms. The second kappa shape index (κ2) is 5.51. The third-order valence-corrected chi connectivity index (χ3v) is 4.74. The molecule has 1 aliphatic heterocycles. The molecule has 1 heterocycles. The Balaban J connectivity index is 1.99. The lowest BCUT2D eigenvalue weighted by Gasteiger charge is -2.31. The van der Waals surface area contributed by atoms with Crippen molar-refractivity contribution in [2.75, 3.05) is 6.54 Å². The van der Waals surface area contributed by atoms with Gasteiger partial charge in [0.2, 0.25) is 5.91 Å². The van der Waals surface area contributed by atoms with Crippen molar-refractivity contribution in [3.8, 4) is 0 Å². The van der Waals surface area contributed by atoms with Gasteiger partial charge in [-0.05, 0) is 45.4 Å². The van der Waals surface area contributed by atoms with E-state index in [2.05, 4.69) is 0 Å². The van der Waals surface area contributed by atoms with Gasteiger partial charge in [-0.3, -0.25) is 9.59 Å². The lowest BCUT2D eigenvalue weighted by Crippen LogP contribution is -2.42. The van der Waals surface area contributed by atoms with Crippen molar-refractivity contribution < 1.29 is 14.7 Å². The minimum absolute atomic E-state index is 0.0294. The Morgan fingerprint density at radius 2 is 1.79 bits per heavy atom. The molecule has 0 bridgehead atoms. The van der Waals surface area contributed by atoms with Crippen molar-refractivity contribution in [2.24, 2.45) is 11.3 Å². The Morgan fingerprint density at radius 1 is 1.16 bits per heavy atom. The van der Waals surface area contributed by atoms with Crippen molar-refractivity contribution in [1.82, 2.24) is 4.90 Å². The van der Waals surface area contributed by atoms with Crippen LogP contribution in [0, 0.1) is 11.3 Å². The van der Waals surface area contributed by atoms with Crippen LogP contribution in [0.3, 0.4) is 0 Å². The number of hydrogen-bond donors (Lipinski definition) is 1. The summed E-state index contributed by atoms with van der Waals surface area (Å²) in [6, 6.07) is 0.375. The Morgan fingerprint density at radius 3 is 2.37 bits per heavy atom. The number of hydrogen-bond acceptors (Lipinski definition) is 2. The molecule has 0 radical (unpaired) electrons. The summed E-state index contributed by atoms with van der Waals surface area (Å²) in [6.45, 7) is 4.08. The second-order valence-electron chi connectivity index (χ2n) is 6.71. The molecule has 108 valence electrons. The van der Waals surface area contributed by atoms with Crippen molar-refractivity contribution in [3.63, 3.8) is 0 Å². The van der Waals surface area contributed by atoms with E-state index in [1.807, 2.05) is 4.90 Å². The summed E-state index contributed by atoms with van der Waals surface area (Å²) in [5.74, 6) is -0.210. The maximum atomic E-state index is 12.4. The van der Waals surface area contributed by atoms with Crippen molar-refractivity contribution in [2.45, 2.75) is 64.8 Å². The number of aliphatic carboxylic acids is 1. The molecule has 2 fully saturated rings. The zero-order chi connectivity index (χ0) is 14.0. The van der Waals surface area contributed by atoms with Gasteiger partial charge < -0.3 is 10.0 Å². The van der Waals surface area contributed by atoms with Gasteiger partial charge in [-0.2, -0.15) is 0 Å². The van der Waals surface area contributed by atoms with E-state index in [9.17, 15) is 9.59 Å². The lowest BCUT2D eigenvalue weighted by molar-refractivity contribution is -0.152. The summed E-state index contributed by atoms with van der Waals surface area (Å²) >= 11 is 0. The highest BCUT2D eigenvalue weighted by Crippen LogP contribution is 2.36. The molecule has 4 nitrogen and oxygen atoms in total. The number of rotatable bonds is 4. The molecule has 1 saturated heterocycles. The fourth-order valence-electron chi connectivity index (χ4n) is 3.49. The lowest BCUT2D eigenvalue weighted by atomic mass is 9.88. The number of nitrogens with zero attached hydrogens (tertiary/aromatic N) is 1. The topological polar surface area (TPSA) is 57.6 Å². The minimum Gasteiger partial charge on any atom is -0.481 e. The highest BCUT2D eigenvalue weighted by Gasteiger charge is 2.39. The predicted molar refractivity (Wildman–Crippen MR) is 72.7 cm³/mol. The maximum Gasteiger partial charge on any atom is 0.309 e. The molecule has 2 aliphatic rings. The number of carbonyl (C=O) groups is 2. The third-order valence-electron chi connectivity index (χ3n) is 4.74. The van der Waals surface area contributed by atoms with Crippen LogP contribution in [0.2, 0.25) is 0 Å². The molecule has 0 aromatic rings. The van der Waals surface area contributed by atoms with Crippen LogP contribution in [-0.4, -0.2) is 34.5 Å². The first-order valence-corrected chi connectivity index (χ1v) is 7.45. The van der Waals surface area contributed by atoms with Gasteiger partial charge in [0.25, 0.3) is 0 Å². The van der Waals surface area contributed by atoms with Gasteiger partial charge in [-0.25, -0.2) is 0 Å². The van der Waals surface area contributed by atoms with Gasteiger partial charge in [0.05, 0.1) is 5.41 Å². The van der Waals surface area contributed by atoms with Gasteiger partial charge in [-0.15, -0.1) is 0 Å². The molecule has 0 aromatic carbocycles. The number of amides is 1. The molecule has 2 rings (SSSR count). The summed E-state index contributed by atoms with van der Waals surface area (Å²) in [4.78, 5) is 25.5. The van der Waals surface area contributed by atoms with E-state index in [0.29, 0.717) is 12.0 Å². The number of carbonyl (C=O) groups excluding carboxylic acids is 1. The minimum atomic E-state index is -0.958. The van der Waals surface area contributed by atoms with E-state index in [-0.39, 0.29) is 12.3 Å². The molecule has 0 spiro atoms. The van der Waals surface area contributed by atoms with Crippen LogP contribution in [0.15, 0.2) is 0 Å². The Hall–Kier alpha value is -1.06. The van der Waals surface area contributed by atoms with Crippen LogP contribution >= 0.6 is 0 Å². The van der Waals surface area contributed by atoms with E-state index >= 15 is 0 Å². The predicted octanol–water partition coefficient (Wildman–Crippen LogP) is 2.67. The van der Waals surface area contributed by atoms with Gasteiger partial charge in [0, 0.05) is 19.0 Å². The maximum absolute atomic E-state index is 12.4. The monoisotopic (exact) mass is 267 g/mol. The van der Waals surface area contributed by atoms with Gasteiger partial charge in [0.15, 0.2) is 0 Å². The van der Waals surface area contributed by atoms with Crippen LogP contribution in [0.1, 0.15) is 58.8 Å². The molecular formula is C15H25NO3. The van der Waals surface area contributed by atoms with Gasteiger partial charge in [0.1, 0.15) is 0 Å². The van der Waals surface area contributed by atoms with Crippen LogP contribution in [0.4, 0.5) is 0 Å². The van der Waals surface area contributed by atoms with E-state index < -0.39 is 11.4 Å². The van der Waals surface area contributed by atoms with E-state index in [0.717, 1.165) is 19.4 Å². The Labute approximate surface area is 115 Å². The first kappa shape index (κ1) is 14.4. The van der Waals surface area contributed by atoms with Crippen molar-refractivity contribution in [3.05, 3.63) is 0 Å². The van der Waals surface area contributed by atoms with Crippen LogP contribution in [0.25, 0.3) is 0 Å². The fraction of sp³-hybridized carbons (Fsp3) is 0.867. The quantitative estimate of drug-likeness (QED) is 0.852. The first-order valence-electron chi connectivity index (χ1n) is 7.45. The van der Waals surface area contributed by atoms with E-state index in [1.54, 1.807) is 13.8 Å². The molecule has 1 atom stereocenters. The normalized spacial score (nSPS) is 24.9. The molecule has 4 heteroatoms. The summed E-state index contributed by atoms with van der Waals surface area (Å²) in [7, 11) is 0. The first-order chi connectivity index (χ1) is 8.92. The summed E-state index contributed by atoms with van der Waals surface area (Å²) in [5, 5.41) is 9.14. The molecule has 0 aromatic heterocycles. The molecule has 1 amide bonds. The van der Waals surface area contributed by atoms with E-state index in [4.69, 9.17) is 5.11 Å². The summed E-state index contributed by atoms with van der Waals surface area (Å²) in [5.41, 5.74) is -0.958. The van der Waals surface area contributed by atoms with E-state index in [1.165, 1.54) is 25.7 Å².